The first-order valence-electron chi connectivity index (χ1n) is 5.67. The largest absolute Gasteiger partial charge is 0.300 e. The highest BCUT2D eigenvalue weighted by atomic mass is 79.9. The molecule has 1 heterocycles. The number of hydrogen-bond donors (Lipinski definition) is 0. The van der Waals surface area contributed by atoms with Crippen molar-refractivity contribution in [2.45, 2.75) is 38.1 Å². The van der Waals surface area contributed by atoms with Gasteiger partial charge in [-0.3, -0.25) is 4.90 Å². The maximum absolute atomic E-state index is 3.65. The van der Waals surface area contributed by atoms with E-state index in [4.69, 9.17) is 0 Å². The van der Waals surface area contributed by atoms with Crippen LogP contribution in [0, 0.1) is 0 Å². The number of likely N-dealkylation sites (tertiary alicyclic amines) is 1. The van der Waals surface area contributed by atoms with Crippen molar-refractivity contribution in [2.75, 3.05) is 30.4 Å². The fourth-order valence-electron chi connectivity index (χ4n) is 2.12. The second kappa shape index (κ2) is 8.00. The smallest absolute Gasteiger partial charge is 0.0192 e. The molecule has 0 spiro atoms. The van der Waals surface area contributed by atoms with Crippen molar-refractivity contribution < 1.29 is 0 Å². The van der Waals surface area contributed by atoms with Gasteiger partial charge in [-0.2, -0.15) is 11.8 Å². The Balaban J connectivity index is 2.28. The standard InChI is InChI=1S/C11H22BrNS/c1-14-9-5-8-13-7-4-2-3-6-11(13)10-12/h11H,2-10H2,1H3. The summed E-state index contributed by atoms with van der Waals surface area (Å²) in [6.45, 7) is 2.63. The Labute approximate surface area is 101 Å². The maximum Gasteiger partial charge on any atom is 0.0192 e. The third kappa shape index (κ3) is 4.54. The lowest BCUT2D eigenvalue weighted by Crippen LogP contribution is -2.36. The quantitative estimate of drug-likeness (QED) is 0.561. The lowest BCUT2D eigenvalue weighted by Gasteiger charge is -2.28. The van der Waals surface area contributed by atoms with E-state index in [1.807, 2.05) is 11.8 Å². The van der Waals surface area contributed by atoms with Crippen LogP contribution < -0.4 is 0 Å². The first kappa shape index (κ1) is 12.9. The molecule has 0 amide bonds. The highest BCUT2D eigenvalue weighted by Gasteiger charge is 2.18. The highest BCUT2D eigenvalue weighted by Crippen LogP contribution is 2.18. The molecule has 0 aromatic rings. The van der Waals surface area contributed by atoms with Crippen molar-refractivity contribution in [1.29, 1.82) is 0 Å². The van der Waals surface area contributed by atoms with Crippen molar-refractivity contribution in [3.8, 4) is 0 Å². The number of alkyl halides is 1. The monoisotopic (exact) mass is 279 g/mol. The van der Waals surface area contributed by atoms with Gasteiger partial charge in [0, 0.05) is 11.4 Å². The fraction of sp³-hybridized carbons (Fsp3) is 1.00. The van der Waals surface area contributed by atoms with Gasteiger partial charge in [-0.05, 0) is 44.4 Å². The number of thioether (sulfide) groups is 1. The Morgan fingerprint density at radius 1 is 1.36 bits per heavy atom. The van der Waals surface area contributed by atoms with Gasteiger partial charge in [-0.15, -0.1) is 0 Å². The van der Waals surface area contributed by atoms with Gasteiger partial charge in [0.2, 0.25) is 0 Å². The predicted molar refractivity (Wildman–Crippen MR) is 70.6 cm³/mol. The molecule has 1 fully saturated rings. The number of nitrogens with zero attached hydrogens (tertiary/aromatic N) is 1. The van der Waals surface area contributed by atoms with Crippen LogP contribution in [0.2, 0.25) is 0 Å². The van der Waals surface area contributed by atoms with E-state index in [0.717, 1.165) is 11.4 Å². The molecule has 0 bridgehead atoms. The van der Waals surface area contributed by atoms with Gasteiger partial charge in [0.15, 0.2) is 0 Å². The average Bonchev–Trinajstić information content (AvgIpc) is 2.43. The maximum atomic E-state index is 3.65. The first-order chi connectivity index (χ1) is 6.88. The molecule has 84 valence electrons. The first-order valence-corrected chi connectivity index (χ1v) is 8.19. The van der Waals surface area contributed by atoms with Crippen LogP contribution in [-0.4, -0.2) is 41.4 Å². The van der Waals surface area contributed by atoms with Crippen LogP contribution in [-0.2, 0) is 0 Å². The van der Waals surface area contributed by atoms with E-state index in [-0.39, 0.29) is 0 Å². The molecule has 0 N–H and O–H groups in total. The third-order valence-corrected chi connectivity index (χ3v) is 4.42. The van der Waals surface area contributed by atoms with Crippen LogP contribution in [0.1, 0.15) is 32.1 Å². The molecule has 0 aromatic heterocycles. The Hall–Kier alpha value is 0.790. The lowest BCUT2D eigenvalue weighted by atomic mass is 10.1. The van der Waals surface area contributed by atoms with Gasteiger partial charge in [-0.25, -0.2) is 0 Å². The highest BCUT2D eigenvalue weighted by molar-refractivity contribution is 9.09. The molecule has 1 aliphatic heterocycles. The molecule has 1 nitrogen and oxygen atoms in total. The minimum absolute atomic E-state index is 0.805. The summed E-state index contributed by atoms with van der Waals surface area (Å²) in [6.07, 6.45) is 9.21. The van der Waals surface area contributed by atoms with Gasteiger partial charge < -0.3 is 0 Å². The van der Waals surface area contributed by atoms with Crippen LogP contribution in [0.15, 0.2) is 0 Å². The summed E-state index contributed by atoms with van der Waals surface area (Å²) in [5, 5.41) is 1.16. The fourth-order valence-corrected chi connectivity index (χ4v) is 3.27. The Morgan fingerprint density at radius 2 is 2.21 bits per heavy atom. The number of halogens is 1. The van der Waals surface area contributed by atoms with Crippen molar-refractivity contribution in [3.63, 3.8) is 0 Å². The SMILES string of the molecule is CSCCCN1CCCCCC1CBr. The summed E-state index contributed by atoms with van der Waals surface area (Å²) in [5.74, 6) is 1.31. The summed E-state index contributed by atoms with van der Waals surface area (Å²) in [4.78, 5) is 2.69. The van der Waals surface area contributed by atoms with E-state index < -0.39 is 0 Å². The zero-order valence-corrected chi connectivity index (χ0v) is 11.6. The molecule has 0 aromatic carbocycles. The molecule has 1 rings (SSSR count). The van der Waals surface area contributed by atoms with E-state index in [2.05, 4.69) is 27.1 Å². The minimum atomic E-state index is 0.805. The van der Waals surface area contributed by atoms with E-state index in [9.17, 15) is 0 Å². The third-order valence-electron chi connectivity index (χ3n) is 2.97. The molecule has 1 aliphatic rings. The van der Waals surface area contributed by atoms with Gasteiger partial charge in [0.05, 0.1) is 0 Å². The zero-order valence-electron chi connectivity index (χ0n) is 9.17. The van der Waals surface area contributed by atoms with Crippen LogP contribution in [0.25, 0.3) is 0 Å². The van der Waals surface area contributed by atoms with E-state index in [0.29, 0.717) is 0 Å². The van der Waals surface area contributed by atoms with Gasteiger partial charge in [0.1, 0.15) is 0 Å². The molecular weight excluding hydrogens is 258 g/mol. The van der Waals surface area contributed by atoms with Crippen molar-refractivity contribution in [3.05, 3.63) is 0 Å². The van der Waals surface area contributed by atoms with Gasteiger partial charge in [0.25, 0.3) is 0 Å². The summed E-state index contributed by atoms with van der Waals surface area (Å²) >= 11 is 5.61. The molecule has 1 unspecified atom stereocenters. The van der Waals surface area contributed by atoms with E-state index in [1.54, 1.807) is 0 Å². The van der Waals surface area contributed by atoms with Crippen molar-refractivity contribution in [1.82, 2.24) is 4.90 Å². The summed E-state index contributed by atoms with van der Waals surface area (Å²) < 4.78 is 0. The van der Waals surface area contributed by atoms with Gasteiger partial charge >= 0.3 is 0 Å². The average molecular weight is 280 g/mol. The van der Waals surface area contributed by atoms with Crippen LogP contribution in [0.5, 0.6) is 0 Å². The molecule has 1 atom stereocenters. The second-order valence-electron chi connectivity index (χ2n) is 4.04. The Morgan fingerprint density at radius 3 is 2.93 bits per heavy atom. The van der Waals surface area contributed by atoms with Crippen LogP contribution >= 0.6 is 27.7 Å². The normalized spacial score (nSPS) is 24.9. The summed E-state index contributed by atoms with van der Waals surface area (Å²) in [5.41, 5.74) is 0. The van der Waals surface area contributed by atoms with Gasteiger partial charge in [-0.1, -0.05) is 28.8 Å². The van der Waals surface area contributed by atoms with Crippen molar-refractivity contribution in [2.24, 2.45) is 0 Å². The number of rotatable bonds is 5. The van der Waals surface area contributed by atoms with Crippen molar-refractivity contribution >= 4 is 27.7 Å². The second-order valence-corrected chi connectivity index (χ2v) is 5.67. The molecule has 0 saturated carbocycles. The Bertz CT molecular complexity index is 143. The molecular formula is C11H22BrNS. The molecule has 3 heteroatoms. The van der Waals surface area contributed by atoms with Crippen LogP contribution in [0.4, 0.5) is 0 Å². The summed E-state index contributed by atoms with van der Waals surface area (Å²) in [6, 6.07) is 0.805. The number of hydrogen-bond acceptors (Lipinski definition) is 2. The molecule has 14 heavy (non-hydrogen) atoms. The molecule has 1 saturated heterocycles. The minimum Gasteiger partial charge on any atom is -0.300 e. The lowest BCUT2D eigenvalue weighted by molar-refractivity contribution is 0.219. The topological polar surface area (TPSA) is 3.24 Å². The predicted octanol–water partition coefficient (Wildman–Crippen LogP) is 3.38. The Kier molecular flexibility index (Phi) is 7.35. The summed E-state index contributed by atoms with van der Waals surface area (Å²) in [7, 11) is 0. The van der Waals surface area contributed by atoms with E-state index in [1.165, 1.54) is 50.9 Å². The molecule has 0 aliphatic carbocycles. The molecule has 0 radical (unpaired) electrons. The zero-order chi connectivity index (χ0) is 10.2. The van der Waals surface area contributed by atoms with Crippen LogP contribution in [0.3, 0.4) is 0 Å². The van der Waals surface area contributed by atoms with E-state index >= 15 is 0 Å².